The fourth-order valence-electron chi connectivity index (χ4n) is 1.96. The van der Waals surface area contributed by atoms with Gasteiger partial charge in [-0.05, 0) is 18.7 Å². The van der Waals surface area contributed by atoms with Crippen molar-refractivity contribution in [1.82, 2.24) is 19.5 Å². The Balaban J connectivity index is 2.01. The van der Waals surface area contributed by atoms with E-state index in [9.17, 15) is 14.0 Å². The molecule has 152 valence electrons. The molecule has 0 fully saturated rings. The number of nitrogen functional groups attached to an aromatic ring is 1. The lowest BCUT2D eigenvalue weighted by Gasteiger charge is -2.23. The molecule has 0 saturated heterocycles. The van der Waals surface area contributed by atoms with Crippen molar-refractivity contribution >= 4 is 51.4 Å². The zero-order valence-electron chi connectivity index (χ0n) is 14.2. The molecule has 0 radical (unpaired) electrons. The standard InChI is InChI=1S/C10H18N5O8P3S/c1-7(3-15-5-14-8-9(11)12-4-13-10(8)15)21-6-25(27,20-2)23-26(18,19)22-24(16)17/h4-5,7,24H,3,6H2,1-2H3,(H,16,17)(H,18,19)(H2,11,12,13)/t7-,25?/m1/s1. The van der Waals surface area contributed by atoms with Gasteiger partial charge in [-0.3, -0.25) is 4.57 Å². The normalized spacial score (nSPS) is 18.7. The van der Waals surface area contributed by atoms with E-state index in [1.54, 1.807) is 11.5 Å². The fourth-order valence-corrected chi connectivity index (χ4v) is 6.38. The molecule has 0 saturated carbocycles. The molecule has 13 nitrogen and oxygen atoms in total. The number of hydrogen-bond donors (Lipinski definition) is 3. The van der Waals surface area contributed by atoms with Crippen LogP contribution in [0.15, 0.2) is 12.7 Å². The van der Waals surface area contributed by atoms with Gasteiger partial charge in [0.25, 0.3) is 0 Å². The second-order valence-corrected chi connectivity index (χ2v) is 11.5. The summed E-state index contributed by atoms with van der Waals surface area (Å²) in [5, 5.41) is 0. The van der Waals surface area contributed by atoms with Crippen LogP contribution >= 0.6 is 22.6 Å². The molecule has 0 aliphatic carbocycles. The molecule has 2 aromatic heterocycles. The van der Waals surface area contributed by atoms with E-state index >= 15 is 0 Å². The Morgan fingerprint density at radius 2 is 2.15 bits per heavy atom. The van der Waals surface area contributed by atoms with Crippen molar-refractivity contribution in [3.05, 3.63) is 12.7 Å². The minimum absolute atomic E-state index is 0.248. The smallest absolute Gasteiger partial charge is 0.382 e. The van der Waals surface area contributed by atoms with Crippen LogP contribution in [0.1, 0.15) is 6.92 Å². The van der Waals surface area contributed by atoms with E-state index < -0.39 is 28.7 Å². The SMILES string of the molecule is COP(=S)(CO[C@H](C)Cn1cnc2c(N)ncnc21)OP(=O)(O)O[PH](=O)O. The van der Waals surface area contributed by atoms with Gasteiger partial charge in [-0.15, -0.1) is 0 Å². The lowest BCUT2D eigenvalue weighted by atomic mass is 10.4. The highest BCUT2D eigenvalue weighted by atomic mass is 32.5. The van der Waals surface area contributed by atoms with Crippen LogP contribution in [0.2, 0.25) is 0 Å². The second kappa shape index (κ2) is 9.15. The summed E-state index contributed by atoms with van der Waals surface area (Å²) in [4.78, 5) is 30.1. The first-order valence-electron chi connectivity index (χ1n) is 7.19. The van der Waals surface area contributed by atoms with Crippen molar-refractivity contribution in [2.24, 2.45) is 0 Å². The Hall–Kier alpha value is -0.780. The van der Waals surface area contributed by atoms with Crippen LogP contribution in [0.5, 0.6) is 0 Å². The highest BCUT2D eigenvalue weighted by Gasteiger charge is 2.34. The van der Waals surface area contributed by atoms with Crippen LogP contribution in [0.4, 0.5) is 5.82 Å². The van der Waals surface area contributed by atoms with Gasteiger partial charge in [0, 0.05) is 7.11 Å². The summed E-state index contributed by atoms with van der Waals surface area (Å²) >= 11 is 5.07. The van der Waals surface area contributed by atoms with Gasteiger partial charge < -0.3 is 29.3 Å². The van der Waals surface area contributed by atoms with Crippen LogP contribution < -0.4 is 5.73 Å². The number of phosphoric acid groups is 1. The predicted molar refractivity (Wildman–Crippen MR) is 99.7 cm³/mol. The number of rotatable bonds is 10. The topological polar surface area (TPSA) is 181 Å². The minimum atomic E-state index is -4.86. The number of fused-ring (bicyclic) bond motifs is 1. The lowest BCUT2D eigenvalue weighted by Crippen LogP contribution is -2.17. The largest absolute Gasteiger partial charge is 0.485 e. The highest BCUT2D eigenvalue weighted by molar-refractivity contribution is 8.11. The number of ether oxygens (including phenoxy) is 1. The Morgan fingerprint density at radius 3 is 2.78 bits per heavy atom. The molecule has 0 bridgehead atoms. The number of nitrogens with zero attached hydrogens (tertiary/aromatic N) is 4. The third-order valence-electron chi connectivity index (χ3n) is 3.10. The molecule has 0 amide bonds. The number of nitrogens with two attached hydrogens (primary N) is 1. The van der Waals surface area contributed by atoms with Gasteiger partial charge in [0.05, 0.1) is 19.0 Å². The molecule has 27 heavy (non-hydrogen) atoms. The minimum Gasteiger partial charge on any atom is -0.382 e. The van der Waals surface area contributed by atoms with Gasteiger partial charge in [-0.25, -0.2) is 28.1 Å². The number of aromatic nitrogens is 4. The molecule has 4 N–H and O–H groups in total. The lowest BCUT2D eigenvalue weighted by molar-refractivity contribution is 0.0799. The zero-order valence-corrected chi connectivity index (χ0v) is 17.8. The first kappa shape index (κ1) is 22.5. The highest BCUT2D eigenvalue weighted by Crippen LogP contribution is 2.65. The summed E-state index contributed by atoms with van der Waals surface area (Å²) in [5.41, 5.74) is 6.69. The van der Waals surface area contributed by atoms with Crippen molar-refractivity contribution < 1.29 is 36.8 Å². The molecule has 0 spiro atoms. The van der Waals surface area contributed by atoms with Crippen LogP contribution in [0.25, 0.3) is 11.2 Å². The summed E-state index contributed by atoms with van der Waals surface area (Å²) in [5.74, 6) is 0.248. The summed E-state index contributed by atoms with van der Waals surface area (Å²) in [6.07, 6.45) is 2.04. The van der Waals surface area contributed by atoms with Crippen LogP contribution in [-0.4, -0.2) is 48.9 Å². The van der Waals surface area contributed by atoms with E-state index in [1.807, 2.05) is 0 Å². The van der Waals surface area contributed by atoms with Crippen molar-refractivity contribution in [1.29, 1.82) is 0 Å². The van der Waals surface area contributed by atoms with Crippen molar-refractivity contribution in [3.8, 4) is 0 Å². The molecule has 0 aliphatic rings. The molecule has 2 rings (SSSR count). The molecule has 4 atom stereocenters. The van der Waals surface area contributed by atoms with E-state index in [0.717, 1.165) is 0 Å². The van der Waals surface area contributed by atoms with E-state index in [-0.39, 0.29) is 12.2 Å². The van der Waals surface area contributed by atoms with Gasteiger partial charge in [0.2, 0.25) is 6.49 Å². The maximum atomic E-state index is 11.6. The predicted octanol–water partition coefficient (Wildman–Crippen LogP) is 1.24. The molecule has 0 aromatic carbocycles. The van der Waals surface area contributed by atoms with Crippen molar-refractivity contribution in [2.75, 3.05) is 19.2 Å². The molecule has 17 heteroatoms. The third-order valence-corrected chi connectivity index (χ3v) is 8.85. The number of imidazole rings is 1. The first-order chi connectivity index (χ1) is 12.6. The van der Waals surface area contributed by atoms with Gasteiger partial charge in [0.1, 0.15) is 18.2 Å². The second-order valence-electron chi connectivity index (χ2n) is 5.14. The molecular weight excluding hydrogens is 443 g/mol. The van der Waals surface area contributed by atoms with E-state index in [1.165, 1.54) is 19.8 Å². The Kier molecular flexibility index (Phi) is 7.62. The van der Waals surface area contributed by atoms with Gasteiger partial charge >= 0.3 is 16.1 Å². The number of hydrogen-bond acceptors (Lipinski definition) is 11. The van der Waals surface area contributed by atoms with Crippen LogP contribution in [0.3, 0.4) is 0 Å². The first-order valence-corrected chi connectivity index (χ1v) is 12.8. The molecule has 0 aliphatic heterocycles. The van der Waals surface area contributed by atoms with E-state index in [2.05, 4.69) is 19.3 Å². The summed E-state index contributed by atoms with van der Waals surface area (Å²) < 4.78 is 43.1. The zero-order chi connectivity index (χ0) is 20.2. The molecular formula is C10H18N5O8P3S. The van der Waals surface area contributed by atoms with E-state index in [0.29, 0.717) is 17.7 Å². The average molecular weight is 461 g/mol. The Morgan fingerprint density at radius 1 is 1.44 bits per heavy atom. The quantitative estimate of drug-likeness (QED) is 0.430. The van der Waals surface area contributed by atoms with Gasteiger partial charge in [-0.1, -0.05) is 0 Å². The van der Waals surface area contributed by atoms with Crippen molar-refractivity contribution in [2.45, 2.75) is 19.6 Å². The van der Waals surface area contributed by atoms with Gasteiger partial charge in [0.15, 0.2) is 11.5 Å². The average Bonchev–Trinajstić information content (AvgIpc) is 2.96. The van der Waals surface area contributed by atoms with Crippen LogP contribution in [-0.2, 0) is 45.4 Å². The fraction of sp³-hybridized carbons (Fsp3) is 0.500. The van der Waals surface area contributed by atoms with Gasteiger partial charge in [-0.2, -0.15) is 0 Å². The summed E-state index contributed by atoms with van der Waals surface area (Å²) in [7, 11) is -7.40. The number of anilines is 1. The molecule has 3 unspecified atom stereocenters. The van der Waals surface area contributed by atoms with E-state index in [4.69, 9.17) is 36.0 Å². The maximum absolute atomic E-state index is 11.6. The van der Waals surface area contributed by atoms with Crippen molar-refractivity contribution in [3.63, 3.8) is 0 Å². The summed E-state index contributed by atoms with van der Waals surface area (Å²) in [6, 6.07) is 0. The maximum Gasteiger partial charge on any atom is 0.485 e. The molecule has 2 heterocycles. The molecule has 2 aromatic rings. The monoisotopic (exact) mass is 461 g/mol. The van der Waals surface area contributed by atoms with Crippen LogP contribution in [0, 0.1) is 0 Å². The Bertz CT molecular complexity index is 925. The third kappa shape index (κ3) is 6.37. The summed E-state index contributed by atoms with van der Waals surface area (Å²) in [6.45, 7) is -1.38. The Labute approximate surface area is 159 Å².